The van der Waals surface area contributed by atoms with E-state index in [-0.39, 0.29) is 31.4 Å². The highest BCUT2D eigenvalue weighted by Gasteiger charge is 2.39. The predicted molar refractivity (Wildman–Crippen MR) is 79.7 cm³/mol. The second kappa shape index (κ2) is 6.00. The molecule has 0 aromatic heterocycles. The molecule has 7 heteroatoms. The molecule has 0 saturated carbocycles. The number of rotatable bonds is 5. The molecule has 0 radical (unpaired) electrons. The van der Waals surface area contributed by atoms with E-state index in [0.717, 1.165) is 5.56 Å². The van der Waals surface area contributed by atoms with Crippen LogP contribution in [-0.4, -0.2) is 53.1 Å². The van der Waals surface area contributed by atoms with E-state index < -0.39 is 11.5 Å². The second-order valence-electron chi connectivity index (χ2n) is 6.02. The van der Waals surface area contributed by atoms with Crippen molar-refractivity contribution in [3.63, 3.8) is 0 Å². The highest BCUT2D eigenvalue weighted by atomic mass is 16.5. The zero-order valence-electron chi connectivity index (χ0n) is 12.6. The Morgan fingerprint density at radius 2 is 2.13 bits per heavy atom. The molecule has 7 nitrogen and oxygen atoms in total. The molecule has 2 aliphatic heterocycles. The summed E-state index contributed by atoms with van der Waals surface area (Å²) in [6, 6.07) is 7.25. The minimum atomic E-state index is -0.986. The smallest absolute Gasteiger partial charge is 0.305 e. The Hall–Kier alpha value is -2.41. The number of hydrogen-bond acceptors (Lipinski definition) is 4. The van der Waals surface area contributed by atoms with Crippen LogP contribution in [0.5, 0.6) is 0 Å². The molecular formula is C16H18N2O5. The first-order chi connectivity index (χ1) is 11.0. The Labute approximate surface area is 133 Å². The van der Waals surface area contributed by atoms with Crippen LogP contribution < -0.4 is 5.32 Å². The molecule has 2 aliphatic rings. The lowest BCUT2D eigenvalue weighted by molar-refractivity contribution is -0.139. The van der Waals surface area contributed by atoms with Crippen LogP contribution in [0.15, 0.2) is 24.3 Å². The van der Waals surface area contributed by atoms with Crippen molar-refractivity contribution in [2.75, 3.05) is 19.8 Å². The van der Waals surface area contributed by atoms with Crippen molar-refractivity contribution in [1.29, 1.82) is 0 Å². The highest BCUT2D eigenvalue weighted by molar-refractivity contribution is 6.00. The number of carbonyl (C=O) groups excluding carboxylic acids is 2. The van der Waals surface area contributed by atoms with Crippen LogP contribution in [0.3, 0.4) is 0 Å². The number of nitrogens with one attached hydrogen (secondary N) is 1. The molecule has 122 valence electrons. The Bertz CT molecular complexity index is 652. The number of benzene rings is 1. The fourth-order valence-electron chi connectivity index (χ4n) is 3.13. The fraction of sp³-hybridized carbons (Fsp3) is 0.438. The van der Waals surface area contributed by atoms with E-state index >= 15 is 0 Å². The van der Waals surface area contributed by atoms with Crippen LogP contribution >= 0.6 is 0 Å². The van der Waals surface area contributed by atoms with Gasteiger partial charge in [0.15, 0.2) is 0 Å². The molecule has 1 aromatic rings. The zero-order valence-corrected chi connectivity index (χ0v) is 12.6. The lowest BCUT2D eigenvalue weighted by atomic mass is 9.94. The van der Waals surface area contributed by atoms with Gasteiger partial charge in [-0.05, 0) is 18.1 Å². The summed E-state index contributed by atoms with van der Waals surface area (Å²) in [5.74, 6) is -1.52. The molecule has 1 fully saturated rings. The third-order valence-electron chi connectivity index (χ3n) is 4.23. The molecule has 1 atom stereocenters. The van der Waals surface area contributed by atoms with Crippen molar-refractivity contribution < 1.29 is 24.2 Å². The largest absolute Gasteiger partial charge is 0.481 e. The summed E-state index contributed by atoms with van der Waals surface area (Å²) < 4.78 is 5.25. The minimum absolute atomic E-state index is 0.0884. The van der Waals surface area contributed by atoms with Crippen LogP contribution in [0.25, 0.3) is 0 Å². The normalized spacial score (nSPS) is 23.0. The molecule has 2 amide bonds. The number of carboxylic acid groups (broad SMARTS) is 1. The molecular weight excluding hydrogens is 300 g/mol. The number of fused-ring (bicyclic) bond motifs is 1. The van der Waals surface area contributed by atoms with Gasteiger partial charge in [0.1, 0.15) is 6.54 Å². The lowest BCUT2D eigenvalue weighted by Crippen LogP contribution is -2.53. The molecule has 0 spiro atoms. The van der Waals surface area contributed by atoms with Gasteiger partial charge in [0, 0.05) is 18.7 Å². The van der Waals surface area contributed by atoms with Crippen molar-refractivity contribution >= 4 is 17.8 Å². The van der Waals surface area contributed by atoms with Gasteiger partial charge in [-0.15, -0.1) is 0 Å². The predicted octanol–water partition coefficient (Wildman–Crippen LogP) is 0.392. The number of nitrogens with zero attached hydrogens (tertiary/aromatic N) is 1. The number of hydrogen-bond donors (Lipinski definition) is 2. The number of carbonyl (C=O) groups is 3. The van der Waals surface area contributed by atoms with E-state index in [1.165, 1.54) is 4.90 Å². The lowest BCUT2D eigenvalue weighted by Gasteiger charge is -2.28. The maximum absolute atomic E-state index is 12.3. The van der Waals surface area contributed by atoms with Crippen molar-refractivity contribution in [1.82, 2.24) is 10.2 Å². The van der Waals surface area contributed by atoms with E-state index in [2.05, 4.69) is 5.32 Å². The van der Waals surface area contributed by atoms with E-state index in [1.807, 2.05) is 12.1 Å². The number of carboxylic acids is 1. The van der Waals surface area contributed by atoms with Crippen LogP contribution in [0, 0.1) is 0 Å². The maximum atomic E-state index is 12.3. The summed E-state index contributed by atoms with van der Waals surface area (Å²) >= 11 is 0. The summed E-state index contributed by atoms with van der Waals surface area (Å²) in [5.41, 5.74) is 0.637. The van der Waals surface area contributed by atoms with Crippen LogP contribution in [0.2, 0.25) is 0 Å². The maximum Gasteiger partial charge on any atom is 0.305 e. The molecule has 3 rings (SSSR count). The van der Waals surface area contributed by atoms with Crippen molar-refractivity contribution in [3.8, 4) is 0 Å². The number of ether oxygens (including phenoxy) is 1. The molecule has 0 bridgehead atoms. The van der Waals surface area contributed by atoms with E-state index in [1.54, 1.807) is 12.1 Å². The molecule has 1 aromatic carbocycles. The van der Waals surface area contributed by atoms with Crippen molar-refractivity contribution in [3.05, 3.63) is 35.4 Å². The molecule has 1 saturated heterocycles. The summed E-state index contributed by atoms with van der Waals surface area (Å²) in [4.78, 5) is 37.0. The monoisotopic (exact) mass is 318 g/mol. The topological polar surface area (TPSA) is 95.9 Å². The SMILES string of the molecule is O=C(O)CC1(NC(=O)CN2Cc3ccccc3C2=O)CCOC1. The summed E-state index contributed by atoms with van der Waals surface area (Å²) in [6.07, 6.45) is 0.270. The van der Waals surface area contributed by atoms with Crippen LogP contribution in [0.4, 0.5) is 0 Å². The van der Waals surface area contributed by atoms with Gasteiger partial charge in [-0.2, -0.15) is 0 Å². The number of aliphatic carboxylic acids is 1. The number of amides is 2. The third-order valence-corrected chi connectivity index (χ3v) is 4.23. The molecule has 0 aliphatic carbocycles. The molecule has 2 heterocycles. The Morgan fingerprint density at radius 1 is 1.35 bits per heavy atom. The summed E-state index contributed by atoms with van der Waals surface area (Å²) in [7, 11) is 0. The standard InChI is InChI=1S/C16H18N2O5/c19-13(17-16(7-14(20)21)5-6-23-10-16)9-18-8-11-3-1-2-4-12(11)15(18)22/h1-4H,5-10H2,(H,17,19)(H,20,21). The third kappa shape index (κ3) is 3.19. The van der Waals surface area contributed by atoms with E-state index in [0.29, 0.717) is 25.1 Å². The quantitative estimate of drug-likeness (QED) is 0.819. The Balaban J connectivity index is 1.64. The Morgan fingerprint density at radius 3 is 2.78 bits per heavy atom. The Kier molecular flexibility index (Phi) is 4.04. The van der Waals surface area contributed by atoms with Gasteiger partial charge in [-0.3, -0.25) is 14.4 Å². The van der Waals surface area contributed by atoms with E-state index in [4.69, 9.17) is 9.84 Å². The fourth-order valence-corrected chi connectivity index (χ4v) is 3.13. The minimum Gasteiger partial charge on any atom is -0.481 e. The second-order valence-corrected chi connectivity index (χ2v) is 6.02. The summed E-state index contributed by atoms with van der Waals surface area (Å²) in [6.45, 7) is 0.903. The highest BCUT2D eigenvalue weighted by Crippen LogP contribution is 2.24. The van der Waals surface area contributed by atoms with Gasteiger partial charge >= 0.3 is 5.97 Å². The van der Waals surface area contributed by atoms with Gasteiger partial charge in [0.2, 0.25) is 5.91 Å². The molecule has 1 unspecified atom stereocenters. The van der Waals surface area contributed by atoms with E-state index in [9.17, 15) is 14.4 Å². The van der Waals surface area contributed by atoms with Gasteiger partial charge in [0.25, 0.3) is 5.91 Å². The first-order valence-electron chi connectivity index (χ1n) is 7.47. The van der Waals surface area contributed by atoms with Gasteiger partial charge in [-0.1, -0.05) is 18.2 Å². The first-order valence-corrected chi connectivity index (χ1v) is 7.47. The van der Waals surface area contributed by atoms with Crippen molar-refractivity contribution in [2.24, 2.45) is 0 Å². The summed E-state index contributed by atoms with van der Waals surface area (Å²) in [5, 5.41) is 11.8. The average molecular weight is 318 g/mol. The average Bonchev–Trinajstić information content (AvgIpc) is 3.05. The van der Waals surface area contributed by atoms with Gasteiger partial charge in [0.05, 0.1) is 18.6 Å². The van der Waals surface area contributed by atoms with Crippen LogP contribution in [-0.2, 0) is 20.9 Å². The zero-order chi connectivity index (χ0) is 16.4. The van der Waals surface area contributed by atoms with Crippen LogP contribution in [0.1, 0.15) is 28.8 Å². The molecule has 23 heavy (non-hydrogen) atoms. The van der Waals surface area contributed by atoms with Gasteiger partial charge < -0.3 is 20.1 Å². The first kappa shape index (κ1) is 15.5. The van der Waals surface area contributed by atoms with Crippen molar-refractivity contribution in [2.45, 2.75) is 24.9 Å². The van der Waals surface area contributed by atoms with Gasteiger partial charge in [-0.25, -0.2) is 0 Å². The molecule has 2 N–H and O–H groups in total.